The number of rotatable bonds is 5. The van der Waals surface area contributed by atoms with Crippen LogP contribution in [-0.4, -0.2) is 6.04 Å². The highest BCUT2D eigenvalue weighted by molar-refractivity contribution is 5.34. The number of halogens is 1. The molecule has 17 heavy (non-hydrogen) atoms. The first kappa shape index (κ1) is 12.1. The van der Waals surface area contributed by atoms with Crippen molar-refractivity contribution in [1.82, 2.24) is 5.32 Å². The van der Waals surface area contributed by atoms with E-state index in [1.165, 1.54) is 25.3 Å². The molecule has 2 rings (SSSR count). The number of nitrogens with zero attached hydrogens (tertiary/aromatic N) is 1. The molecule has 1 unspecified atom stereocenters. The van der Waals surface area contributed by atoms with Gasteiger partial charge in [-0.1, -0.05) is 25.0 Å². The lowest BCUT2D eigenvalue weighted by Gasteiger charge is -2.13. The van der Waals surface area contributed by atoms with E-state index in [0.29, 0.717) is 18.2 Å². The van der Waals surface area contributed by atoms with Crippen molar-refractivity contribution in [1.29, 1.82) is 5.26 Å². The van der Waals surface area contributed by atoms with E-state index in [4.69, 9.17) is 5.26 Å². The van der Waals surface area contributed by atoms with E-state index in [1.807, 2.05) is 6.07 Å². The Balaban J connectivity index is 1.91. The zero-order valence-corrected chi connectivity index (χ0v) is 10.0. The second kappa shape index (κ2) is 5.29. The molecule has 0 bridgehead atoms. The molecule has 0 spiro atoms. The molecule has 0 heterocycles. The molecule has 0 amide bonds. The largest absolute Gasteiger partial charge is 0.310 e. The molecule has 0 aromatic heterocycles. The normalized spacial score (nSPS) is 16.5. The Bertz CT molecular complexity index is 432. The van der Waals surface area contributed by atoms with Crippen LogP contribution in [0, 0.1) is 23.1 Å². The van der Waals surface area contributed by atoms with Crippen LogP contribution in [0.2, 0.25) is 0 Å². The van der Waals surface area contributed by atoms with Crippen molar-refractivity contribution in [2.45, 2.75) is 38.8 Å². The summed E-state index contributed by atoms with van der Waals surface area (Å²) in [4.78, 5) is 0. The number of nitrogens with one attached hydrogen (secondary N) is 1. The lowest BCUT2D eigenvalue weighted by Crippen LogP contribution is -2.26. The average Bonchev–Trinajstić information content (AvgIpc) is 3.11. The van der Waals surface area contributed by atoms with Gasteiger partial charge in [-0.25, -0.2) is 4.39 Å². The Kier molecular flexibility index (Phi) is 3.75. The van der Waals surface area contributed by atoms with E-state index in [1.54, 1.807) is 12.1 Å². The van der Waals surface area contributed by atoms with Gasteiger partial charge in [-0.15, -0.1) is 0 Å². The van der Waals surface area contributed by atoms with Crippen LogP contribution in [0.3, 0.4) is 0 Å². The van der Waals surface area contributed by atoms with E-state index in [9.17, 15) is 4.39 Å². The van der Waals surface area contributed by atoms with Crippen LogP contribution in [0.15, 0.2) is 18.2 Å². The maximum atomic E-state index is 13.7. The SMILES string of the molecule is CC(CC1CC1)NCc1cccc(C#N)c1F. The number of benzene rings is 1. The van der Waals surface area contributed by atoms with Gasteiger partial charge in [-0.3, -0.25) is 0 Å². The van der Waals surface area contributed by atoms with Crippen molar-refractivity contribution in [2.24, 2.45) is 5.92 Å². The second-order valence-electron chi connectivity index (χ2n) is 4.85. The standard InChI is InChI=1S/C14H17FN2/c1-10(7-11-5-6-11)17-9-13-4-2-3-12(8-16)14(13)15/h2-4,10-11,17H,5-7,9H2,1H3. The molecule has 1 aliphatic carbocycles. The van der Waals surface area contributed by atoms with Crippen molar-refractivity contribution in [2.75, 3.05) is 0 Å². The Labute approximate surface area is 101 Å². The summed E-state index contributed by atoms with van der Waals surface area (Å²) < 4.78 is 13.7. The van der Waals surface area contributed by atoms with Gasteiger partial charge in [0.15, 0.2) is 0 Å². The van der Waals surface area contributed by atoms with Gasteiger partial charge in [-0.05, 0) is 25.3 Å². The predicted molar refractivity (Wildman–Crippen MR) is 64.8 cm³/mol. The maximum absolute atomic E-state index is 13.7. The number of nitriles is 1. The van der Waals surface area contributed by atoms with Gasteiger partial charge in [0.1, 0.15) is 11.9 Å². The molecule has 1 fully saturated rings. The summed E-state index contributed by atoms with van der Waals surface area (Å²) in [6.45, 7) is 2.62. The summed E-state index contributed by atoms with van der Waals surface area (Å²) in [6.07, 6.45) is 3.84. The van der Waals surface area contributed by atoms with Gasteiger partial charge < -0.3 is 5.32 Å². The highest BCUT2D eigenvalue weighted by atomic mass is 19.1. The fourth-order valence-corrected chi connectivity index (χ4v) is 2.02. The first-order valence-electron chi connectivity index (χ1n) is 6.11. The molecule has 0 saturated heterocycles. The molecule has 3 heteroatoms. The maximum Gasteiger partial charge on any atom is 0.145 e. The summed E-state index contributed by atoms with van der Waals surface area (Å²) in [7, 11) is 0. The zero-order chi connectivity index (χ0) is 12.3. The Morgan fingerprint density at radius 3 is 2.94 bits per heavy atom. The summed E-state index contributed by atoms with van der Waals surface area (Å²) in [5, 5.41) is 12.1. The van der Waals surface area contributed by atoms with Crippen LogP contribution >= 0.6 is 0 Å². The van der Waals surface area contributed by atoms with Crippen LogP contribution in [0.4, 0.5) is 4.39 Å². The van der Waals surface area contributed by atoms with Crippen LogP contribution in [0.1, 0.15) is 37.3 Å². The Hall–Kier alpha value is -1.40. The van der Waals surface area contributed by atoms with Crippen molar-refractivity contribution in [3.05, 3.63) is 35.1 Å². The van der Waals surface area contributed by atoms with Crippen LogP contribution in [-0.2, 0) is 6.54 Å². The van der Waals surface area contributed by atoms with Crippen molar-refractivity contribution in [3.8, 4) is 6.07 Å². The summed E-state index contributed by atoms with van der Waals surface area (Å²) >= 11 is 0. The van der Waals surface area contributed by atoms with Crippen molar-refractivity contribution < 1.29 is 4.39 Å². The van der Waals surface area contributed by atoms with E-state index in [-0.39, 0.29) is 11.4 Å². The minimum atomic E-state index is -0.388. The van der Waals surface area contributed by atoms with Crippen LogP contribution in [0.25, 0.3) is 0 Å². The molecular weight excluding hydrogens is 215 g/mol. The van der Waals surface area contributed by atoms with Crippen LogP contribution in [0.5, 0.6) is 0 Å². The van der Waals surface area contributed by atoms with E-state index in [0.717, 1.165) is 5.92 Å². The fraction of sp³-hybridized carbons (Fsp3) is 0.500. The summed E-state index contributed by atoms with van der Waals surface area (Å²) in [5.74, 6) is 0.480. The topological polar surface area (TPSA) is 35.8 Å². The van der Waals surface area contributed by atoms with Gasteiger partial charge >= 0.3 is 0 Å². The molecule has 1 saturated carbocycles. The third-order valence-corrected chi connectivity index (χ3v) is 3.22. The molecule has 1 aromatic rings. The van der Waals surface area contributed by atoms with E-state index in [2.05, 4.69) is 12.2 Å². The monoisotopic (exact) mass is 232 g/mol. The molecular formula is C14H17FN2. The minimum Gasteiger partial charge on any atom is -0.310 e. The molecule has 0 aliphatic heterocycles. The van der Waals surface area contributed by atoms with E-state index < -0.39 is 0 Å². The predicted octanol–water partition coefficient (Wildman–Crippen LogP) is 2.98. The van der Waals surface area contributed by atoms with Gasteiger partial charge in [0, 0.05) is 18.2 Å². The fourth-order valence-electron chi connectivity index (χ4n) is 2.02. The zero-order valence-electron chi connectivity index (χ0n) is 10.0. The van der Waals surface area contributed by atoms with Crippen molar-refractivity contribution in [3.63, 3.8) is 0 Å². The smallest absolute Gasteiger partial charge is 0.145 e. The van der Waals surface area contributed by atoms with E-state index >= 15 is 0 Å². The minimum absolute atomic E-state index is 0.124. The molecule has 1 aliphatic rings. The Morgan fingerprint density at radius 2 is 2.29 bits per heavy atom. The lowest BCUT2D eigenvalue weighted by molar-refractivity contribution is 0.478. The second-order valence-corrected chi connectivity index (χ2v) is 4.85. The van der Waals surface area contributed by atoms with Crippen LogP contribution < -0.4 is 5.32 Å². The third-order valence-electron chi connectivity index (χ3n) is 3.22. The molecule has 1 aromatic carbocycles. The first-order valence-corrected chi connectivity index (χ1v) is 6.11. The molecule has 90 valence electrons. The average molecular weight is 232 g/mol. The highest BCUT2D eigenvalue weighted by Gasteiger charge is 2.23. The summed E-state index contributed by atoms with van der Waals surface area (Å²) in [6, 6.07) is 7.23. The molecule has 1 atom stereocenters. The lowest BCUT2D eigenvalue weighted by atomic mass is 10.1. The van der Waals surface area contributed by atoms with Gasteiger partial charge in [0.05, 0.1) is 5.56 Å². The van der Waals surface area contributed by atoms with Crippen molar-refractivity contribution >= 4 is 0 Å². The third kappa shape index (κ3) is 3.28. The number of hydrogen-bond acceptors (Lipinski definition) is 2. The van der Waals surface area contributed by atoms with Gasteiger partial charge in [0.2, 0.25) is 0 Å². The number of hydrogen-bond donors (Lipinski definition) is 1. The molecule has 2 nitrogen and oxygen atoms in total. The molecule has 0 radical (unpaired) electrons. The van der Waals surface area contributed by atoms with Gasteiger partial charge in [0.25, 0.3) is 0 Å². The quantitative estimate of drug-likeness (QED) is 0.847. The molecule has 1 N–H and O–H groups in total. The Morgan fingerprint density at radius 1 is 1.53 bits per heavy atom. The first-order chi connectivity index (χ1) is 8.20. The highest BCUT2D eigenvalue weighted by Crippen LogP contribution is 2.33. The summed E-state index contributed by atoms with van der Waals surface area (Å²) in [5.41, 5.74) is 0.700. The van der Waals surface area contributed by atoms with Gasteiger partial charge in [-0.2, -0.15) is 5.26 Å².